The highest BCUT2D eigenvalue weighted by atomic mass is 32.2. The van der Waals surface area contributed by atoms with Crippen molar-refractivity contribution < 1.29 is 22.7 Å². The van der Waals surface area contributed by atoms with E-state index in [9.17, 15) is 13.2 Å². The number of nitrogens with one attached hydrogen (secondary N) is 1. The van der Waals surface area contributed by atoms with Gasteiger partial charge in [-0.2, -0.15) is 0 Å². The highest BCUT2D eigenvalue weighted by Gasteiger charge is 2.34. The van der Waals surface area contributed by atoms with Gasteiger partial charge in [-0.25, -0.2) is 23.4 Å². The fourth-order valence-corrected chi connectivity index (χ4v) is 5.04. The highest BCUT2D eigenvalue weighted by Crippen LogP contribution is 2.37. The number of sulfone groups is 1. The molecule has 9 nitrogen and oxygen atoms in total. The van der Waals surface area contributed by atoms with E-state index in [4.69, 9.17) is 9.47 Å². The zero-order valence-corrected chi connectivity index (χ0v) is 20.1. The van der Waals surface area contributed by atoms with Crippen LogP contribution < -0.4 is 10.1 Å². The quantitative estimate of drug-likeness (QED) is 0.311. The number of carbonyl (C=O) groups is 1. The molecule has 0 amide bonds. The average Bonchev–Trinajstić information content (AvgIpc) is 3.20. The Morgan fingerprint density at radius 2 is 1.88 bits per heavy atom. The summed E-state index contributed by atoms with van der Waals surface area (Å²) < 4.78 is 37.0. The number of benzene rings is 2. The summed E-state index contributed by atoms with van der Waals surface area (Å²) in [7, 11) is -3.82. The van der Waals surface area contributed by atoms with Gasteiger partial charge >= 0.3 is 5.97 Å². The molecule has 0 saturated heterocycles. The average molecular weight is 487 g/mol. The van der Waals surface area contributed by atoms with E-state index >= 15 is 0 Å². The molecular formula is C22H22N4O5S2. The Morgan fingerprint density at radius 1 is 1.09 bits per heavy atom. The van der Waals surface area contributed by atoms with Crippen molar-refractivity contribution in [3.63, 3.8) is 0 Å². The normalized spacial score (nSPS) is 12.1. The minimum absolute atomic E-state index is 0.0394. The summed E-state index contributed by atoms with van der Waals surface area (Å²) in [5.74, 6) is -0.0550. The first-order valence-electron chi connectivity index (χ1n) is 9.96. The van der Waals surface area contributed by atoms with E-state index in [-0.39, 0.29) is 10.6 Å². The number of carbonyl (C=O) groups excluding carboxylic acids is 1. The van der Waals surface area contributed by atoms with Gasteiger partial charge in [-0.05, 0) is 45.0 Å². The van der Waals surface area contributed by atoms with Gasteiger partial charge in [0.1, 0.15) is 22.8 Å². The number of hydrogen-bond donors (Lipinski definition) is 1. The van der Waals surface area contributed by atoms with Crippen molar-refractivity contribution in [2.75, 3.05) is 12.1 Å². The number of anilines is 2. The number of ether oxygens (including phenoxy) is 2. The molecule has 11 heteroatoms. The Labute approximate surface area is 194 Å². The van der Waals surface area contributed by atoms with Crippen LogP contribution in [0.2, 0.25) is 0 Å². The Hall–Kier alpha value is -3.31. The Morgan fingerprint density at radius 3 is 2.61 bits per heavy atom. The van der Waals surface area contributed by atoms with E-state index in [0.29, 0.717) is 16.7 Å². The second-order valence-electron chi connectivity index (χ2n) is 8.21. The summed E-state index contributed by atoms with van der Waals surface area (Å²) >= 11 is 1.55. The van der Waals surface area contributed by atoms with Gasteiger partial charge in [0.15, 0.2) is 9.84 Å². The van der Waals surface area contributed by atoms with Gasteiger partial charge in [-0.3, -0.25) is 4.79 Å². The third-order valence-electron chi connectivity index (χ3n) is 4.87. The maximum Gasteiger partial charge on any atom is 0.305 e. The number of esters is 1. The summed E-state index contributed by atoms with van der Waals surface area (Å²) in [4.78, 5) is 24.0. The summed E-state index contributed by atoms with van der Waals surface area (Å²) in [6, 6.07) is 8.74. The van der Waals surface area contributed by atoms with Crippen LogP contribution in [0, 0.1) is 0 Å². The molecule has 0 saturated carbocycles. The third kappa shape index (κ3) is 4.60. The minimum atomic E-state index is -3.82. The first-order chi connectivity index (χ1) is 15.6. The minimum Gasteiger partial charge on any atom is -0.456 e. The molecule has 0 spiro atoms. The van der Waals surface area contributed by atoms with Crippen LogP contribution in [-0.4, -0.2) is 40.9 Å². The van der Waals surface area contributed by atoms with Crippen LogP contribution in [0.15, 0.2) is 47.1 Å². The lowest BCUT2D eigenvalue weighted by Gasteiger charge is -2.22. The van der Waals surface area contributed by atoms with Crippen LogP contribution in [0.5, 0.6) is 5.75 Å². The molecule has 0 bridgehead atoms. The molecule has 1 N–H and O–H groups in total. The second-order valence-corrected chi connectivity index (χ2v) is 11.8. The number of hydrogen-bond acceptors (Lipinski definition) is 10. The van der Waals surface area contributed by atoms with E-state index in [0.717, 1.165) is 15.9 Å². The van der Waals surface area contributed by atoms with E-state index in [1.807, 2.05) is 18.2 Å². The standard InChI is InChI=1S/C22H22N4O5S2/c1-13(27)30-12-31-18-9-16-15(8-20(18)33(28,29)22(2,3)4)21(24-10-23-16)26-14-5-6-19-17(7-14)25-11-32-19/h5-11H,12H2,1-4H3,(H,23,24,26). The van der Waals surface area contributed by atoms with Gasteiger partial charge < -0.3 is 14.8 Å². The maximum atomic E-state index is 13.3. The number of rotatable bonds is 6. The molecular weight excluding hydrogens is 464 g/mol. The number of aromatic nitrogens is 3. The lowest BCUT2D eigenvalue weighted by molar-refractivity contribution is -0.147. The third-order valence-corrected chi connectivity index (χ3v) is 8.19. The van der Waals surface area contributed by atoms with Crippen molar-refractivity contribution >= 4 is 59.8 Å². The van der Waals surface area contributed by atoms with Crippen molar-refractivity contribution in [2.45, 2.75) is 37.3 Å². The Balaban J connectivity index is 1.82. The first-order valence-corrected chi connectivity index (χ1v) is 12.3. The van der Waals surface area contributed by atoms with Crippen molar-refractivity contribution in [2.24, 2.45) is 0 Å². The molecule has 2 aromatic heterocycles. The zero-order valence-electron chi connectivity index (χ0n) is 18.4. The molecule has 4 aromatic rings. The SMILES string of the molecule is CC(=O)OCOc1cc2ncnc(Nc3ccc4scnc4c3)c2cc1S(=O)(=O)C(C)(C)C. The van der Waals surface area contributed by atoms with E-state index < -0.39 is 27.3 Å². The number of fused-ring (bicyclic) bond motifs is 2. The maximum absolute atomic E-state index is 13.3. The van der Waals surface area contributed by atoms with E-state index in [2.05, 4.69) is 20.3 Å². The lowest BCUT2D eigenvalue weighted by atomic mass is 10.2. The zero-order chi connectivity index (χ0) is 23.8. The predicted octanol–water partition coefficient (Wildman–Crippen LogP) is 4.45. The summed E-state index contributed by atoms with van der Waals surface area (Å²) in [6.07, 6.45) is 1.37. The van der Waals surface area contributed by atoms with Crippen LogP contribution in [-0.2, 0) is 19.4 Å². The number of thiazole rings is 1. The molecule has 2 heterocycles. The van der Waals surface area contributed by atoms with Gasteiger partial charge in [0.05, 0.1) is 26.0 Å². The molecule has 2 aromatic carbocycles. The molecule has 172 valence electrons. The van der Waals surface area contributed by atoms with Crippen LogP contribution in [0.3, 0.4) is 0 Å². The number of nitrogens with zero attached hydrogens (tertiary/aromatic N) is 3. The molecule has 0 unspecified atom stereocenters. The van der Waals surface area contributed by atoms with Gasteiger partial charge in [0.2, 0.25) is 6.79 Å². The summed E-state index contributed by atoms with van der Waals surface area (Å²) in [6.45, 7) is 5.63. The van der Waals surface area contributed by atoms with Gasteiger partial charge in [0.25, 0.3) is 0 Å². The van der Waals surface area contributed by atoms with Crippen molar-refractivity contribution in [1.82, 2.24) is 15.0 Å². The smallest absolute Gasteiger partial charge is 0.305 e. The molecule has 0 aliphatic heterocycles. The van der Waals surface area contributed by atoms with Gasteiger partial charge in [0, 0.05) is 24.1 Å². The molecule has 0 radical (unpaired) electrons. The van der Waals surface area contributed by atoms with E-state index in [1.54, 1.807) is 37.6 Å². The Bertz CT molecular complexity index is 1460. The predicted molar refractivity (Wildman–Crippen MR) is 127 cm³/mol. The van der Waals surface area contributed by atoms with Crippen LogP contribution in [0.4, 0.5) is 11.5 Å². The fraction of sp³-hybridized carbons (Fsp3) is 0.273. The second kappa shape index (κ2) is 8.56. The van der Waals surface area contributed by atoms with Crippen LogP contribution in [0.25, 0.3) is 21.1 Å². The lowest BCUT2D eigenvalue weighted by Crippen LogP contribution is -2.28. The Kier molecular flexibility index (Phi) is 5.93. The monoisotopic (exact) mass is 486 g/mol. The molecule has 4 rings (SSSR count). The largest absolute Gasteiger partial charge is 0.456 e. The van der Waals surface area contributed by atoms with Crippen molar-refractivity contribution in [3.05, 3.63) is 42.2 Å². The molecule has 0 fully saturated rings. The van der Waals surface area contributed by atoms with Crippen molar-refractivity contribution in [1.29, 1.82) is 0 Å². The molecule has 0 atom stereocenters. The van der Waals surface area contributed by atoms with Gasteiger partial charge in [-0.1, -0.05) is 0 Å². The summed E-state index contributed by atoms with van der Waals surface area (Å²) in [5.41, 5.74) is 3.84. The van der Waals surface area contributed by atoms with Crippen LogP contribution in [0.1, 0.15) is 27.7 Å². The highest BCUT2D eigenvalue weighted by molar-refractivity contribution is 7.92. The first kappa shape index (κ1) is 22.9. The van der Waals surface area contributed by atoms with E-state index in [1.165, 1.54) is 25.4 Å². The molecule has 0 aliphatic rings. The fourth-order valence-electron chi connectivity index (χ4n) is 3.06. The molecule has 0 aliphatic carbocycles. The van der Waals surface area contributed by atoms with Crippen molar-refractivity contribution in [3.8, 4) is 5.75 Å². The van der Waals surface area contributed by atoms with Crippen LogP contribution >= 0.6 is 11.3 Å². The van der Waals surface area contributed by atoms with Gasteiger partial charge in [-0.15, -0.1) is 11.3 Å². The topological polar surface area (TPSA) is 120 Å². The molecule has 33 heavy (non-hydrogen) atoms. The summed E-state index contributed by atoms with van der Waals surface area (Å²) in [5, 5.41) is 3.73.